The van der Waals surface area contributed by atoms with Crippen LogP contribution in [0.2, 0.25) is 0 Å². The van der Waals surface area contributed by atoms with E-state index in [0.29, 0.717) is 10.9 Å². The molecule has 0 aromatic heterocycles. The molecule has 9 N–H and O–H groups in total. The zero-order valence-corrected chi connectivity index (χ0v) is 16.8. The van der Waals surface area contributed by atoms with Gasteiger partial charge in [-0.2, -0.15) is 0 Å². The minimum Gasteiger partial charge on any atom is -0.508 e. The van der Waals surface area contributed by atoms with E-state index in [9.17, 15) is 34.8 Å². The predicted octanol–water partition coefficient (Wildman–Crippen LogP) is -0.202. The summed E-state index contributed by atoms with van der Waals surface area (Å²) in [6.45, 7) is 0. The number of benzene rings is 2. The minimum atomic E-state index is -2.65. The van der Waals surface area contributed by atoms with Crippen molar-refractivity contribution in [2.75, 3.05) is 0 Å². The van der Waals surface area contributed by atoms with Gasteiger partial charge in [-0.15, -0.1) is 0 Å². The number of nitrogens with two attached hydrogens (primary N) is 1. The third-order valence-electron chi connectivity index (χ3n) is 7.00. The van der Waals surface area contributed by atoms with Crippen molar-refractivity contribution in [2.45, 2.75) is 24.5 Å². The highest BCUT2D eigenvalue weighted by atomic mass is 16.3. The van der Waals surface area contributed by atoms with Gasteiger partial charge in [0.1, 0.15) is 11.5 Å². The van der Waals surface area contributed by atoms with Crippen molar-refractivity contribution >= 4 is 34.0 Å². The summed E-state index contributed by atoms with van der Waals surface area (Å²) in [5.74, 6) is -6.60. The number of carbonyl (C=O) groups is 3. The van der Waals surface area contributed by atoms with Gasteiger partial charge in [0, 0.05) is 16.9 Å². The molecule has 3 aliphatic carbocycles. The van der Waals surface area contributed by atoms with Gasteiger partial charge in [-0.1, -0.05) is 30.3 Å². The number of carbonyl (C=O) groups excluding carboxylic acids is 3. The maximum atomic E-state index is 13.5. The third-order valence-corrected chi connectivity index (χ3v) is 7.00. The Balaban J connectivity index is 1.76. The number of hydrogen-bond acceptors (Lipinski definition) is 8. The number of amides is 1. The first-order valence-corrected chi connectivity index (χ1v) is 10.1. The lowest BCUT2D eigenvalue weighted by molar-refractivity contribution is -0.299. The normalized spacial score (nSPS) is 29.7. The third kappa shape index (κ3) is 2.35. The molecule has 0 radical (unpaired) electrons. The van der Waals surface area contributed by atoms with Crippen LogP contribution in [0, 0.1) is 11.8 Å². The van der Waals surface area contributed by atoms with Crippen LogP contribution in [0.25, 0.3) is 16.5 Å². The SMILES string of the molecule is N[C@@H]1C(=O)C(C([NH3+])=O)=C(O)[C@@]2(O)C(=O)C3=C(O)c4c(cc5ccccc5c4O)CC3C[C@@H]12. The van der Waals surface area contributed by atoms with E-state index >= 15 is 0 Å². The number of hydrogen-bond donors (Lipinski definition) is 6. The number of quaternary nitrogens is 1. The Hall–Kier alpha value is -3.53. The molecule has 4 atom stereocenters. The summed E-state index contributed by atoms with van der Waals surface area (Å²) in [4.78, 5) is 37.9. The van der Waals surface area contributed by atoms with Gasteiger partial charge in [0.25, 0.3) is 0 Å². The fraction of sp³-hybridized carbons (Fsp3) is 0.261. The van der Waals surface area contributed by atoms with Crippen LogP contribution in [0.4, 0.5) is 0 Å². The second-order valence-electron chi connectivity index (χ2n) is 8.62. The summed E-state index contributed by atoms with van der Waals surface area (Å²) in [6, 6.07) is 7.43. The van der Waals surface area contributed by atoms with Crippen molar-refractivity contribution in [2.24, 2.45) is 17.6 Å². The van der Waals surface area contributed by atoms with Crippen molar-refractivity contribution in [3.05, 3.63) is 58.4 Å². The van der Waals surface area contributed by atoms with Crippen molar-refractivity contribution < 1.29 is 40.5 Å². The predicted molar refractivity (Wildman–Crippen MR) is 111 cm³/mol. The number of ketones is 2. The Morgan fingerprint density at radius 3 is 2.53 bits per heavy atom. The summed E-state index contributed by atoms with van der Waals surface area (Å²) in [5.41, 5.74) is 6.17. The molecule has 2 aromatic carbocycles. The maximum Gasteiger partial charge on any atom is 0.348 e. The Bertz CT molecular complexity index is 1330. The molecular formula is C23H21N2O7+. The summed E-state index contributed by atoms with van der Waals surface area (Å²) >= 11 is 0. The quantitative estimate of drug-likeness (QED) is 0.331. The molecule has 5 rings (SSSR count). The van der Waals surface area contributed by atoms with Crippen molar-refractivity contribution in [1.82, 2.24) is 0 Å². The summed E-state index contributed by atoms with van der Waals surface area (Å²) in [6.07, 6.45) is 0.252. The van der Waals surface area contributed by atoms with Crippen LogP contribution in [0.15, 0.2) is 47.2 Å². The standard InChI is InChI=1S/C23H20N2O7/c24-16-12-7-10-6-9-5-8-3-1-2-4-11(8)17(26)13(9)18(27)14(10)20(29)23(12,32)21(30)15(19(16)28)22(25)31/h1-5,10,12,16,26-27,30,32H,6-7,24H2,(H2,25,31)/p+1/t10?,12-,16-,23-/m0/s1. The van der Waals surface area contributed by atoms with E-state index in [1.54, 1.807) is 12.1 Å². The molecule has 9 nitrogen and oxygen atoms in total. The van der Waals surface area contributed by atoms with Crippen LogP contribution in [0.3, 0.4) is 0 Å². The highest BCUT2D eigenvalue weighted by Gasteiger charge is 2.63. The molecule has 0 aliphatic heterocycles. The molecule has 3 aliphatic rings. The number of phenolic OH excluding ortho intramolecular Hbond substituents is 1. The van der Waals surface area contributed by atoms with Gasteiger partial charge in [0.2, 0.25) is 5.78 Å². The van der Waals surface area contributed by atoms with Gasteiger partial charge in [-0.3, -0.25) is 15.3 Å². The lowest BCUT2D eigenvalue weighted by Gasteiger charge is -2.47. The van der Waals surface area contributed by atoms with E-state index in [2.05, 4.69) is 5.73 Å². The van der Waals surface area contributed by atoms with Gasteiger partial charge in [-0.25, -0.2) is 4.79 Å². The van der Waals surface area contributed by atoms with Crippen LogP contribution < -0.4 is 11.5 Å². The van der Waals surface area contributed by atoms with E-state index < -0.39 is 58.0 Å². The van der Waals surface area contributed by atoms with Crippen molar-refractivity contribution in [3.8, 4) is 5.75 Å². The summed E-state index contributed by atoms with van der Waals surface area (Å²) in [5, 5.41) is 45.1. The number of phenols is 1. The van der Waals surface area contributed by atoms with E-state index in [1.165, 1.54) is 0 Å². The fourth-order valence-electron chi connectivity index (χ4n) is 5.47. The van der Waals surface area contributed by atoms with Gasteiger partial charge < -0.3 is 26.2 Å². The second-order valence-corrected chi connectivity index (χ2v) is 8.62. The number of rotatable bonds is 1. The zero-order chi connectivity index (χ0) is 23.1. The first kappa shape index (κ1) is 20.4. The van der Waals surface area contributed by atoms with Crippen LogP contribution in [0.5, 0.6) is 5.75 Å². The molecule has 1 saturated carbocycles. The molecule has 2 aromatic rings. The second kappa shape index (κ2) is 6.49. The van der Waals surface area contributed by atoms with Gasteiger partial charge in [0.15, 0.2) is 22.7 Å². The lowest BCUT2D eigenvalue weighted by atomic mass is 9.58. The van der Waals surface area contributed by atoms with Crippen molar-refractivity contribution in [1.29, 1.82) is 0 Å². The highest BCUT2D eigenvalue weighted by molar-refractivity contribution is 6.22. The van der Waals surface area contributed by atoms with Crippen LogP contribution in [0.1, 0.15) is 17.5 Å². The number of aliphatic hydroxyl groups excluding tert-OH is 2. The Morgan fingerprint density at radius 2 is 1.84 bits per heavy atom. The molecule has 9 heteroatoms. The molecule has 1 fully saturated rings. The molecule has 164 valence electrons. The van der Waals surface area contributed by atoms with Crippen LogP contribution >= 0.6 is 0 Å². The Labute approximate surface area is 181 Å². The first-order chi connectivity index (χ1) is 15.1. The topological polar surface area (TPSA) is 186 Å². The minimum absolute atomic E-state index is 0.00421. The fourth-order valence-corrected chi connectivity index (χ4v) is 5.47. The maximum absolute atomic E-state index is 13.5. The number of fused-ring (bicyclic) bond motifs is 4. The number of Topliss-reactive ketones (excluding diaryl/α,β-unsaturated/α-hetero) is 2. The number of aliphatic hydroxyl groups is 3. The van der Waals surface area contributed by atoms with E-state index in [0.717, 1.165) is 5.39 Å². The van der Waals surface area contributed by atoms with Gasteiger partial charge in [-0.05, 0) is 29.7 Å². The molecular weight excluding hydrogens is 416 g/mol. The molecule has 0 heterocycles. The summed E-state index contributed by atoms with van der Waals surface area (Å²) < 4.78 is 0. The lowest BCUT2D eigenvalue weighted by Crippen LogP contribution is -2.68. The van der Waals surface area contributed by atoms with E-state index in [4.69, 9.17) is 5.73 Å². The van der Waals surface area contributed by atoms with Gasteiger partial charge in [0.05, 0.1) is 11.6 Å². The Morgan fingerprint density at radius 1 is 1.16 bits per heavy atom. The zero-order valence-electron chi connectivity index (χ0n) is 16.8. The number of aromatic hydroxyl groups is 1. The largest absolute Gasteiger partial charge is 0.508 e. The average Bonchev–Trinajstić information content (AvgIpc) is 2.74. The summed E-state index contributed by atoms with van der Waals surface area (Å²) in [7, 11) is 0. The van der Waals surface area contributed by atoms with E-state index in [1.807, 2.05) is 18.2 Å². The Kier molecular flexibility index (Phi) is 4.13. The molecule has 32 heavy (non-hydrogen) atoms. The molecule has 0 saturated heterocycles. The average molecular weight is 437 g/mol. The van der Waals surface area contributed by atoms with Crippen molar-refractivity contribution in [3.63, 3.8) is 0 Å². The monoisotopic (exact) mass is 437 g/mol. The van der Waals surface area contributed by atoms with Gasteiger partial charge >= 0.3 is 5.91 Å². The van der Waals surface area contributed by atoms with Crippen LogP contribution in [-0.2, 0) is 20.8 Å². The molecule has 1 unspecified atom stereocenters. The van der Waals surface area contributed by atoms with Crippen LogP contribution in [-0.4, -0.2) is 49.5 Å². The smallest absolute Gasteiger partial charge is 0.348 e. The first-order valence-electron chi connectivity index (χ1n) is 10.1. The highest BCUT2D eigenvalue weighted by Crippen LogP contribution is 2.52. The molecule has 1 amide bonds. The van der Waals surface area contributed by atoms with E-state index in [-0.39, 0.29) is 29.7 Å². The molecule has 0 spiro atoms. The molecule has 0 bridgehead atoms.